The molecule has 3 rings (SSSR count). The first kappa shape index (κ1) is 15.4. The van der Waals surface area contributed by atoms with E-state index in [1.165, 1.54) is 12.8 Å². The van der Waals surface area contributed by atoms with Gasteiger partial charge in [-0.3, -0.25) is 9.78 Å². The summed E-state index contributed by atoms with van der Waals surface area (Å²) >= 11 is 0. The van der Waals surface area contributed by atoms with E-state index >= 15 is 0 Å². The number of rotatable bonds is 7. The van der Waals surface area contributed by atoms with E-state index in [1.54, 1.807) is 13.3 Å². The Bertz CT molecular complexity index is 490. The number of aromatic nitrogens is 1. The fourth-order valence-corrected chi connectivity index (χ4v) is 3.08. The van der Waals surface area contributed by atoms with Crippen molar-refractivity contribution >= 4 is 5.91 Å². The number of pyridine rings is 1. The molecule has 1 aliphatic heterocycles. The average molecular weight is 304 g/mol. The minimum atomic E-state index is 0.0499. The molecule has 2 aliphatic rings. The molecule has 1 amide bonds. The fraction of sp³-hybridized carbons (Fsp3) is 0.647. The molecule has 0 bridgehead atoms. The highest BCUT2D eigenvalue weighted by Crippen LogP contribution is 2.31. The lowest BCUT2D eigenvalue weighted by Gasteiger charge is -2.28. The Labute approximate surface area is 131 Å². The SMILES string of the molecule is COCC(=O)N1CC[C@H](OCC2CC2)[C@@H]1Cc1cccnc1. The summed E-state index contributed by atoms with van der Waals surface area (Å²) in [7, 11) is 1.56. The number of ether oxygens (including phenoxy) is 2. The molecule has 0 radical (unpaired) electrons. The Morgan fingerprint density at radius 2 is 2.27 bits per heavy atom. The van der Waals surface area contributed by atoms with Gasteiger partial charge in [0, 0.05) is 32.7 Å². The van der Waals surface area contributed by atoms with Crippen molar-refractivity contribution < 1.29 is 14.3 Å². The molecular formula is C17H24N2O3. The first-order chi connectivity index (χ1) is 10.8. The highest BCUT2D eigenvalue weighted by Gasteiger charge is 2.38. The molecule has 5 nitrogen and oxygen atoms in total. The molecule has 2 heterocycles. The van der Waals surface area contributed by atoms with Crippen LogP contribution in [0.4, 0.5) is 0 Å². The van der Waals surface area contributed by atoms with Crippen LogP contribution in [0.5, 0.6) is 0 Å². The fourth-order valence-electron chi connectivity index (χ4n) is 3.08. The number of hydrogen-bond donors (Lipinski definition) is 0. The van der Waals surface area contributed by atoms with Gasteiger partial charge < -0.3 is 14.4 Å². The van der Waals surface area contributed by atoms with Crippen LogP contribution in [0.2, 0.25) is 0 Å². The first-order valence-corrected chi connectivity index (χ1v) is 8.07. The van der Waals surface area contributed by atoms with Crippen LogP contribution in [0, 0.1) is 5.92 Å². The summed E-state index contributed by atoms with van der Waals surface area (Å²) in [5.74, 6) is 0.789. The molecule has 0 unspecified atom stereocenters. The first-order valence-electron chi connectivity index (χ1n) is 8.07. The Kier molecular flexibility index (Phi) is 5.05. The van der Waals surface area contributed by atoms with E-state index in [1.807, 2.05) is 17.2 Å². The zero-order chi connectivity index (χ0) is 15.4. The van der Waals surface area contributed by atoms with Gasteiger partial charge in [0.2, 0.25) is 5.91 Å². The maximum Gasteiger partial charge on any atom is 0.248 e. The highest BCUT2D eigenvalue weighted by atomic mass is 16.5. The lowest BCUT2D eigenvalue weighted by atomic mass is 10.0. The van der Waals surface area contributed by atoms with E-state index in [0.29, 0.717) is 0 Å². The maximum absolute atomic E-state index is 12.3. The average Bonchev–Trinajstić information content (AvgIpc) is 3.28. The van der Waals surface area contributed by atoms with E-state index in [9.17, 15) is 4.79 Å². The van der Waals surface area contributed by atoms with Crippen molar-refractivity contribution in [2.24, 2.45) is 5.92 Å². The zero-order valence-corrected chi connectivity index (χ0v) is 13.1. The van der Waals surface area contributed by atoms with E-state index in [0.717, 1.165) is 37.5 Å². The number of likely N-dealkylation sites (tertiary alicyclic amines) is 1. The number of methoxy groups -OCH3 is 1. The topological polar surface area (TPSA) is 51.7 Å². The van der Waals surface area contributed by atoms with Crippen LogP contribution in [0.3, 0.4) is 0 Å². The second-order valence-electron chi connectivity index (χ2n) is 6.26. The summed E-state index contributed by atoms with van der Waals surface area (Å²) in [6.45, 7) is 1.72. The van der Waals surface area contributed by atoms with Gasteiger partial charge in [0.25, 0.3) is 0 Å². The molecular weight excluding hydrogens is 280 g/mol. The monoisotopic (exact) mass is 304 g/mol. The number of carbonyl (C=O) groups is 1. The Morgan fingerprint density at radius 3 is 2.95 bits per heavy atom. The summed E-state index contributed by atoms with van der Waals surface area (Å²) < 4.78 is 11.1. The molecule has 0 aromatic carbocycles. The van der Waals surface area contributed by atoms with Gasteiger partial charge in [0.05, 0.1) is 12.1 Å². The lowest BCUT2D eigenvalue weighted by Crippen LogP contribution is -2.43. The largest absolute Gasteiger partial charge is 0.376 e. The Hall–Kier alpha value is -1.46. The third-order valence-corrected chi connectivity index (χ3v) is 4.48. The van der Waals surface area contributed by atoms with E-state index in [-0.39, 0.29) is 24.7 Å². The minimum absolute atomic E-state index is 0.0499. The van der Waals surface area contributed by atoms with Crippen LogP contribution in [-0.2, 0) is 20.7 Å². The minimum Gasteiger partial charge on any atom is -0.376 e. The standard InChI is InChI=1S/C17H24N2O3/c1-21-12-17(20)19-8-6-16(22-11-13-4-5-13)15(19)9-14-3-2-7-18-10-14/h2-3,7,10,13,15-16H,4-6,8-9,11-12H2,1H3/t15-,16-/m0/s1. The number of amides is 1. The number of nitrogens with zero attached hydrogens (tertiary/aromatic N) is 2. The molecule has 0 spiro atoms. The second kappa shape index (κ2) is 7.20. The van der Waals surface area contributed by atoms with Crippen molar-refractivity contribution in [1.82, 2.24) is 9.88 Å². The molecule has 120 valence electrons. The van der Waals surface area contributed by atoms with Crippen LogP contribution in [-0.4, -0.2) is 54.8 Å². The van der Waals surface area contributed by atoms with Crippen molar-refractivity contribution in [3.05, 3.63) is 30.1 Å². The smallest absolute Gasteiger partial charge is 0.248 e. The second-order valence-corrected chi connectivity index (χ2v) is 6.26. The quantitative estimate of drug-likeness (QED) is 0.769. The molecule has 1 aliphatic carbocycles. The van der Waals surface area contributed by atoms with Crippen LogP contribution >= 0.6 is 0 Å². The summed E-state index contributed by atoms with van der Waals surface area (Å²) in [4.78, 5) is 18.4. The number of hydrogen-bond acceptors (Lipinski definition) is 4. The van der Waals surface area contributed by atoms with Crippen molar-refractivity contribution in [2.45, 2.75) is 37.8 Å². The molecule has 22 heavy (non-hydrogen) atoms. The highest BCUT2D eigenvalue weighted by molar-refractivity contribution is 5.78. The van der Waals surface area contributed by atoms with Crippen molar-refractivity contribution in [3.63, 3.8) is 0 Å². The lowest BCUT2D eigenvalue weighted by molar-refractivity contribution is -0.137. The molecule has 2 atom stereocenters. The molecule has 1 aromatic heterocycles. The summed E-state index contributed by atoms with van der Waals surface area (Å²) in [5, 5.41) is 0. The Balaban J connectivity index is 1.67. The maximum atomic E-state index is 12.3. The molecule has 1 aromatic rings. The Morgan fingerprint density at radius 1 is 1.41 bits per heavy atom. The van der Waals surface area contributed by atoms with Gasteiger partial charge in [-0.2, -0.15) is 0 Å². The molecule has 2 fully saturated rings. The van der Waals surface area contributed by atoms with Gasteiger partial charge in [0.15, 0.2) is 0 Å². The van der Waals surface area contributed by atoms with Crippen molar-refractivity contribution in [3.8, 4) is 0 Å². The van der Waals surface area contributed by atoms with Crippen LogP contribution in [0.15, 0.2) is 24.5 Å². The summed E-state index contributed by atoms with van der Waals surface area (Å²) in [5.41, 5.74) is 1.14. The number of carbonyl (C=O) groups excluding carboxylic acids is 1. The van der Waals surface area contributed by atoms with E-state index in [2.05, 4.69) is 11.1 Å². The zero-order valence-electron chi connectivity index (χ0n) is 13.1. The summed E-state index contributed by atoms with van der Waals surface area (Å²) in [6, 6.07) is 4.08. The van der Waals surface area contributed by atoms with Gasteiger partial charge in [-0.25, -0.2) is 0 Å². The van der Waals surface area contributed by atoms with Gasteiger partial charge in [-0.05, 0) is 43.2 Å². The van der Waals surface area contributed by atoms with Gasteiger partial charge >= 0.3 is 0 Å². The van der Waals surface area contributed by atoms with Crippen LogP contribution < -0.4 is 0 Å². The van der Waals surface area contributed by atoms with Gasteiger partial charge in [-0.15, -0.1) is 0 Å². The third-order valence-electron chi connectivity index (χ3n) is 4.48. The molecule has 5 heteroatoms. The molecule has 1 saturated carbocycles. The van der Waals surface area contributed by atoms with Gasteiger partial charge in [-0.1, -0.05) is 6.07 Å². The van der Waals surface area contributed by atoms with Crippen LogP contribution in [0.25, 0.3) is 0 Å². The van der Waals surface area contributed by atoms with Crippen LogP contribution in [0.1, 0.15) is 24.8 Å². The van der Waals surface area contributed by atoms with Gasteiger partial charge in [0.1, 0.15) is 6.61 Å². The van der Waals surface area contributed by atoms with E-state index < -0.39 is 0 Å². The predicted molar refractivity (Wildman–Crippen MR) is 82.4 cm³/mol. The van der Waals surface area contributed by atoms with E-state index in [4.69, 9.17) is 9.47 Å². The molecule has 0 N–H and O–H groups in total. The molecule has 1 saturated heterocycles. The summed E-state index contributed by atoms with van der Waals surface area (Å²) in [6.07, 6.45) is 8.04. The van der Waals surface area contributed by atoms with Crippen molar-refractivity contribution in [2.75, 3.05) is 26.9 Å². The normalized spacial score (nSPS) is 24.7. The predicted octanol–water partition coefficient (Wildman–Crippen LogP) is 1.67. The third kappa shape index (κ3) is 3.84. The van der Waals surface area contributed by atoms with Crippen molar-refractivity contribution in [1.29, 1.82) is 0 Å².